The molecule has 0 aliphatic heterocycles. The Labute approximate surface area is 141 Å². The van der Waals surface area contributed by atoms with E-state index in [1.165, 1.54) is 11.8 Å². The van der Waals surface area contributed by atoms with E-state index >= 15 is 0 Å². The molecule has 2 rings (SSSR count). The van der Waals surface area contributed by atoms with Gasteiger partial charge in [0, 0.05) is 34.1 Å². The summed E-state index contributed by atoms with van der Waals surface area (Å²) in [6.45, 7) is 21.2. The molecule has 5 nitrogen and oxygen atoms in total. The van der Waals surface area contributed by atoms with Crippen LogP contribution < -0.4 is 0 Å². The molecule has 0 aromatic rings. The predicted molar refractivity (Wildman–Crippen MR) is 54.8 cm³/mol. The van der Waals surface area contributed by atoms with Crippen LogP contribution in [0.5, 0.6) is 0 Å². The zero-order valence-electron chi connectivity index (χ0n) is 9.79. The van der Waals surface area contributed by atoms with Gasteiger partial charge in [-0.15, -0.1) is 0 Å². The van der Waals surface area contributed by atoms with Crippen LogP contribution in [0.2, 0.25) is 0 Å². The third kappa shape index (κ3) is 20.0. The third-order valence-corrected chi connectivity index (χ3v) is 1.44. The van der Waals surface area contributed by atoms with Crippen LogP contribution in [0, 0.1) is 77.0 Å². The number of fused-ring (bicyclic) bond motifs is 1. The first-order valence-electron chi connectivity index (χ1n) is 3.79. The van der Waals surface area contributed by atoms with E-state index in [-0.39, 0.29) is 34.1 Å². The van der Waals surface area contributed by atoms with Crippen molar-refractivity contribution >= 4 is 6.79 Å². The molecular weight excluding hydrogens is 348 g/mol. The molecule has 106 valence electrons. The van der Waals surface area contributed by atoms with Crippen LogP contribution in [-0.4, -0.2) is 6.79 Å². The normalized spacial score (nSPS) is 13.2. The van der Waals surface area contributed by atoms with Crippen LogP contribution >= 0.6 is 0 Å². The summed E-state index contributed by atoms with van der Waals surface area (Å²) in [5, 5.41) is 0. The third-order valence-electron chi connectivity index (χ3n) is 1.44. The molecule has 7 heteroatoms. The maximum Gasteiger partial charge on any atom is 0 e. The van der Waals surface area contributed by atoms with Crippen LogP contribution in [-0.2, 0) is 57.5 Å². The van der Waals surface area contributed by atoms with E-state index in [2.05, 4.69) is 71.9 Å². The van der Waals surface area contributed by atoms with Crippen molar-refractivity contribution < 1.29 is 57.5 Å². The summed E-state index contributed by atoms with van der Waals surface area (Å²) in [6.07, 6.45) is 12.6. The smallest absolute Gasteiger partial charge is 0 e. The Kier molecular flexibility index (Phi) is 78.5. The van der Waals surface area contributed by atoms with Crippen molar-refractivity contribution in [3.63, 3.8) is 0 Å². The molecule has 2 aliphatic carbocycles. The van der Waals surface area contributed by atoms with Crippen molar-refractivity contribution in [1.29, 1.82) is 0 Å². The summed E-state index contributed by atoms with van der Waals surface area (Å²) < 4.78 is 30.0. The van der Waals surface area contributed by atoms with Gasteiger partial charge >= 0.3 is 45.2 Å². The van der Waals surface area contributed by atoms with Gasteiger partial charge in [-0.2, -0.15) is 0 Å². The van der Waals surface area contributed by atoms with Crippen LogP contribution in [0.3, 0.4) is 0 Å². The van der Waals surface area contributed by atoms with Crippen molar-refractivity contribution in [2.75, 3.05) is 0 Å². The van der Waals surface area contributed by atoms with Gasteiger partial charge in [-0.05, 0) is 50.4 Å². The molecule has 20 heavy (non-hydrogen) atoms. The molecule has 0 amide bonds. The maximum absolute atomic E-state index is 7.75. The molecule has 2 saturated carbocycles. The van der Waals surface area contributed by atoms with Crippen molar-refractivity contribution in [3.05, 3.63) is 77.0 Å². The molecule has 0 aromatic heterocycles. The van der Waals surface area contributed by atoms with Crippen molar-refractivity contribution in [2.45, 2.75) is 0 Å². The maximum atomic E-state index is 7.75. The first-order chi connectivity index (χ1) is 8.97. The minimum atomic E-state index is 0. The fourth-order valence-electron chi connectivity index (χ4n) is 1.01. The van der Waals surface area contributed by atoms with E-state index < -0.39 is 0 Å². The molecule has 0 aromatic carbocycles. The average Bonchev–Trinajstić information content (AvgIpc) is 3.13. The first kappa shape index (κ1) is 36.7. The summed E-state index contributed by atoms with van der Waals surface area (Å²) >= 11 is 0. The monoisotopic (exact) mass is 355 g/mol. The summed E-state index contributed by atoms with van der Waals surface area (Å²) in [5.41, 5.74) is 0. The molecule has 0 heterocycles. The molecule has 2 fully saturated rings. The molecule has 8 radical (unpaired) electrons. The molecule has 2 aliphatic rings. The van der Waals surface area contributed by atoms with Gasteiger partial charge in [-0.1, -0.05) is 0 Å². The van der Waals surface area contributed by atoms with Gasteiger partial charge < -0.3 is 4.79 Å². The SMILES string of the molecule is [C-]#[O+].[C-]#[O+].[C-]#[O+].[C-]#[O+].[CH-]=O.[CH]1[CH][C]2[CH][CH][CH][C]2[CH]1.[Fe].[Fe]. The zero-order chi connectivity index (χ0) is 15.4. The van der Waals surface area contributed by atoms with E-state index in [0.29, 0.717) is 0 Å². The van der Waals surface area contributed by atoms with E-state index in [9.17, 15) is 0 Å². The Bertz CT molecular complexity index is 194. The van der Waals surface area contributed by atoms with Crippen LogP contribution in [0.25, 0.3) is 0 Å². The Morgan fingerprint density at radius 1 is 0.600 bits per heavy atom. The fraction of sp³-hybridized carbons (Fsp3) is 0. The summed E-state index contributed by atoms with van der Waals surface area (Å²) in [5.74, 6) is 2.70. The van der Waals surface area contributed by atoms with Gasteiger partial charge in [0.1, 0.15) is 0 Å². The van der Waals surface area contributed by atoms with E-state index in [0.717, 1.165) is 0 Å². The van der Waals surface area contributed by atoms with E-state index in [1.807, 2.05) is 0 Å². The quantitative estimate of drug-likeness (QED) is 0.275. The van der Waals surface area contributed by atoms with Crippen molar-refractivity contribution in [3.8, 4) is 0 Å². The van der Waals surface area contributed by atoms with Crippen LogP contribution in [0.15, 0.2) is 0 Å². The minimum absolute atomic E-state index is 0. The van der Waals surface area contributed by atoms with Crippen molar-refractivity contribution in [2.24, 2.45) is 0 Å². The van der Waals surface area contributed by atoms with Gasteiger partial charge in [-0.3, -0.25) is 6.79 Å². The molecule has 0 atom stereocenters. The topological polar surface area (TPSA) is 96.7 Å². The van der Waals surface area contributed by atoms with Gasteiger partial charge in [0.2, 0.25) is 0 Å². The van der Waals surface area contributed by atoms with Crippen molar-refractivity contribution in [1.82, 2.24) is 0 Å². The standard InChI is InChI=1S/C8H6.CHO.4CO.2Fe/c1-3-7-5-2-6-8(7)4-1;5*1-2;;/h1-6H;1H;;;;;;/q;-1;;;;;;. The average molecular weight is 355 g/mol. The van der Waals surface area contributed by atoms with E-state index in [1.54, 1.807) is 0 Å². The Morgan fingerprint density at radius 3 is 0.900 bits per heavy atom. The molecule has 0 unspecified atom stereocenters. The molecule has 0 spiro atoms. The number of rotatable bonds is 0. The zero-order valence-corrected chi connectivity index (χ0v) is 12.0. The largest absolute Gasteiger partial charge is 0.545 e. The molecular formula is C13H7Fe2O5-. The predicted octanol–water partition coefficient (Wildman–Crippen LogP) is 0.959. The van der Waals surface area contributed by atoms with E-state index in [4.69, 9.17) is 23.4 Å². The van der Waals surface area contributed by atoms with Gasteiger partial charge in [0.25, 0.3) is 0 Å². The fourth-order valence-corrected chi connectivity index (χ4v) is 1.01. The Morgan fingerprint density at radius 2 is 0.750 bits per heavy atom. The van der Waals surface area contributed by atoms with Crippen LogP contribution in [0.4, 0.5) is 0 Å². The number of hydrogen-bond donors (Lipinski definition) is 0. The Balaban J connectivity index is -0.0000000360. The second-order valence-electron chi connectivity index (χ2n) is 1.96. The minimum Gasteiger partial charge on any atom is -0.545 e. The summed E-state index contributed by atoms with van der Waals surface area (Å²) in [4.78, 5) is 7.75. The molecule has 0 bridgehead atoms. The van der Waals surface area contributed by atoms with Gasteiger partial charge in [-0.25, -0.2) is 0 Å². The summed E-state index contributed by atoms with van der Waals surface area (Å²) in [7, 11) is 0. The second kappa shape index (κ2) is 42.8. The summed E-state index contributed by atoms with van der Waals surface area (Å²) in [6, 6.07) is 0. The van der Waals surface area contributed by atoms with Crippen LogP contribution in [0.1, 0.15) is 0 Å². The Hall–Kier alpha value is -0.331. The first-order valence-corrected chi connectivity index (χ1v) is 3.79. The van der Waals surface area contributed by atoms with Gasteiger partial charge in [0.15, 0.2) is 0 Å². The second-order valence-corrected chi connectivity index (χ2v) is 1.96. The van der Waals surface area contributed by atoms with Gasteiger partial charge in [0.05, 0.1) is 0 Å². The molecule has 0 saturated heterocycles. The molecule has 0 N–H and O–H groups in total. The number of hydrogen-bond acceptors (Lipinski definition) is 1. The number of carbonyl (C=O) groups excluding carboxylic acids is 1.